The van der Waals surface area contributed by atoms with Crippen LogP contribution < -0.4 is 0 Å². The molecule has 3 fully saturated rings. The molecule has 4 rings (SSSR count). The van der Waals surface area contributed by atoms with E-state index in [1.165, 1.54) is 25.9 Å². The van der Waals surface area contributed by atoms with E-state index in [0.29, 0.717) is 12.0 Å². The molecule has 3 aliphatic rings. The highest BCUT2D eigenvalue weighted by Crippen LogP contribution is 2.30. The third kappa shape index (κ3) is 2.01. The Balaban J connectivity index is 1.75. The maximum absolute atomic E-state index is 12.4. The van der Waals surface area contributed by atoms with Crippen molar-refractivity contribution in [3.63, 3.8) is 0 Å². The van der Waals surface area contributed by atoms with Crippen LogP contribution in [0.4, 0.5) is 0 Å². The van der Waals surface area contributed by atoms with E-state index in [0.717, 1.165) is 12.1 Å². The van der Waals surface area contributed by atoms with Gasteiger partial charge in [-0.1, -0.05) is 0 Å². The number of piperidine rings is 3. The van der Waals surface area contributed by atoms with Gasteiger partial charge in [0.1, 0.15) is 0 Å². The molecular formula is C14H19N3O. The van der Waals surface area contributed by atoms with Gasteiger partial charge in [-0.05, 0) is 44.0 Å². The Kier molecular flexibility index (Phi) is 3.04. The Hall–Kier alpha value is -1.42. The van der Waals surface area contributed by atoms with Crippen LogP contribution in [0.2, 0.25) is 0 Å². The third-order valence-corrected chi connectivity index (χ3v) is 4.37. The molecule has 1 aromatic rings. The highest BCUT2D eigenvalue weighted by atomic mass is 16.2. The lowest BCUT2D eigenvalue weighted by Gasteiger charge is -2.48. The maximum Gasteiger partial charge on any atom is 0.254 e. The van der Waals surface area contributed by atoms with Gasteiger partial charge in [-0.3, -0.25) is 9.78 Å². The summed E-state index contributed by atoms with van der Waals surface area (Å²) in [7, 11) is 1.94. The van der Waals surface area contributed by atoms with Crippen LogP contribution in [0.1, 0.15) is 23.2 Å². The normalized spacial score (nSPS) is 30.2. The van der Waals surface area contributed by atoms with E-state index < -0.39 is 0 Å². The summed E-state index contributed by atoms with van der Waals surface area (Å²) in [5.41, 5.74) is 0.740. The number of carbonyl (C=O) groups excluding carboxylic acids is 1. The Labute approximate surface area is 108 Å². The number of fused-ring (bicyclic) bond motifs is 3. The summed E-state index contributed by atoms with van der Waals surface area (Å²) in [4.78, 5) is 20.8. The molecular weight excluding hydrogens is 226 g/mol. The highest BCUT2D eigenvalue weighted by Gasteiger charge is 2.37. The molecule has 96 valence electrons. The van der Waals surface area contributed by atoms with Gasteiger partial charge in [0.05, 0.1) is 0 Å². The van der Waals surface area contributed by atoms with Crippen molar-refractivity contribution in [1.82, 2.24) is 14.8 Å². The predicted molar refractivity (Wildman–Crippen MR) is 69.3 cm³/mol. The van der Waals surface area contributed by atoms with E-state index in [1.54, 1.807) is 24.5 Å². The minimum atomic E-state index is 0.121. The number of nitrogens with zero attached hydrogens (tertiary/aromatic N) is 3. The van der Waals surface area contributed by atoms with Crippen LogP contribution in [0.5, 0.6) is 0 Å². The molecule has 4 heterocycles. The van der Waals surface area contributed by atoms with Crippen LogP contribution in [0, 0.1) is 5.92 Å². The van der Waals surface area contributed by atoms with Crippen molar-refractivity contribution in [2.24, 2.45) is 5.92 Å². The van der Waals surface area contributed by atoms with E-state index in [-0.39, 0.29) is 5.91 Å². The van der Waals surface area contributed by atoms with E-state index in [9.17, 15) is 4.79 Å². The van der Waals surface area contributed by atoms with Gasteiger partial charge in [0, 0.05) is 37.6 Å². The van der Waals surface area contributed by atoms with E-state index in [1.807, 2.05) is 11.9 Å². The second kappa shape index (κ2) is 4.69. The van der Waals surface area contributed by atoms with Crippen molar-refractivity contribution in [3.8, 4) is 0 Å². The largest absolute Gasteiger partial charge is 0.337 e. The lowest BCUT2D eigenvalue weighted by Crippen LogP contribution is -2.57. The summed E-state index contributed by atoms with van der Waals surface area (Å²) >= 11 is 0. The number of likely N-dealkylation sites (N-methyl/N-ethyl adjacent to an activating group) is 1. The summed E-state index contributed by atoms with van der Waals surface area (Å²) < 4.78 is 0. The molecule has 1 aromatic heterocycles. The fraction of sp³-hybridized carbons (Fsp3) is 0.571. The maximum atomic E-state index is 12.4. The van der Waals surface area contributed by atoms with Gasteiger partial charge in [0.25, 0.3) is 5.91 Å². The first-order valence-electron chi connectivity index (χ1n) is 6.65. The molecule has 1 atom stereocenters. The quantitative estimate of drug-likeness (QED) is 0.787. The second-order valence-electron chi connectivity index (χ2n) is 5.36. The average Bonchev–Trinajstić information content (AvgIpc) is 2.48. The molecule has 4 heteroatoms. The first-order valence-corrected chi connectivity index (χ1v) is 6.65. The Bertz CT molecular complexity index is 426. The first-order chi connectivity index (χ1) is 8.75. The Morgan fingerprint density at radius 3 is 2.56 bits per heavy atom. The number of pyridine rings is 1. The smallest absolute Gasteiger partial charge is 0.254 e. The van der Waals surface area contributed by atoms with Crippen LogP contribution in [-0.2, 0) is 0 Å². The molecule has 0 aromatic carbocycles. The van der Waals surface area contributed by atoms with Gasteiger partial charge < -0.3 is 9.80 Å². The average molecular weight is 245 g/mol. The second-order valence-corrected chi connectivity index (χ2v) is 5.36. The molecule has 3 saturated heterocycles. The van der Waals surface area contributed by atoms with Gasteiger partial charge in [0.2, 0.25) is 0 Å². The Morgan fingerprint density at radius 2 is 2.00 bits per heavy atom. The summed E-state index contributed by atoms with van der Waals surface area (Å²) in [6, 6.07) is 3.97. The third-order valence-electron chi connectivity index (χ3n) is 4.37. The molecule has 0 N–H and O–H groups in total. The van der Waals surface area contributed by atoms with Gasteiger partial charge in [-0.15, -0.1) is 0 Å². The number of hydrogen-bond donors (Lipinski definition) is 0. The van der Waals surface area contributed by atoms with Gasteiger partial charge in [-0.2, -0.15) is 0 Å². The number of carbonyl (C=O) groups is 1. The summed E-state index contributed by atoms with van der Waals surface area (Å²) in [5, 5.41) is 0. The molecule has 0 saturated carbocycles. The fourth-order valence-electron chi connectivity index (χ4n) is 3.22. The molecule has 2 bridgehead atoms. The van der Waals surface area contributed by atoms with Crippen LogP contribution >= 0.6 is 0 Å². The fourth-order valence-corrected chi connectivity index (χ4v) is 3.22. The van der Waals surface area contributed by atoms with Gasteiger partial charge in [0.15, 0.2) is 0 Å². The number of rotatable bonds is 2. The Morgan fingerprint density at radius 1 is 1.33 bits per heavy atom. The topological polar surface area (TPSA) is 36.4 Å². The van der Waals surface area contributed by atoms with Crippen molar-refractivity contribution < 1.29 is 4.79 Å². The monoisotopic (exact) mass is 245 g/mol. The molecule has 4 nitrogen and oxygen atoms in total. The van der Waals surface area contributed by atoms with Crippen molar-refractivity contribution in [2.75, 3.05) is 26.7 Å². The molecule has 18 heavy (non-hydrogen) atoms. The molecule has 1 unspecified atom stereocenters. The number of amides is 1. The molecule has 0 radical (unpaired) electrons. The standard InChI is InChI=1S/C14H19N3O/c1-16(14(18)12-2-6-15-7-3-12)13-10-17-8-4-11(13)5-9-17/h2-3,6-7,11,13H,4-5,8-10H2,1H3. The zero-order valence-corrected chi connectivity index (χ0v) is 10.7. The number of aromatic nitrogens is 1. The van der Waals surface area contributed by atoms with Crippen LogP contribution in [0.3, 0.4) is 0 Å². The first kappa shape index (κ1) is 11.7. The summed E-state index contributed by atoms with van der Waals surface area (Å²) in [5.74, 6) is 0.807. The van der Waals surface area contributed by atoms with Gasteiger partial charge in [-0.25, -0.2) is 0 Å². The summed E-state index contributed by atoms with van der Waals surface area (Å²) in [6.07, 6.45) is 5.83. The molecule has 1 amide bonds. The SMILES string of the molecule is CN(C(=O)c1ccncc1)C1CN2CCC1CC2. The van der Waals surface area contributed by atoms with Crippen LogP contribution in [-0.4, -0.2) is 53.4 Å². The number of hydrogen-bond acceptors (Lipinski definition) is 3. The van der Waals surface area contributed by atoms with E-state index in [4.69, 9.17) is 0 Å². The molecule has 0 spiro atoms. The van der Waals surface area contributed by atoms with Crippen LogP contribution in [0.15, 0.2) is 24.5 Å². The molecule has 3 aliphatic heterocycles. The zero-order chi connectivity index (χ0) is 12.5. The minimum Gasteiger partial charge on any atom is -0.337 e. The van der Waals surface area contributed by atoms with Crippen molar-refractivity contribution >= 4 is 5.91 Å². The van der Waals surface area contributed by atoms with Crippen molar-refractivity contribution in [2.45, 2.75) is 18.9 Å². The van der Waals surface area contributed by atoms with Crippen molar-refractivity contribution in [3.05, 3.63) is 30.1 Å². The molecule has 0 aliphatic carbocycles. The highest BCUT2D eigenvalue weighted by molar-refractivity contribution is 5.94. The van der Waals surface area contributed by atoms with Gasteiger partial charge >= 0.3 is 0 Å². The lowest BCUT2D eigenvalue weighted by atomic mass is 9.83. The van der Waals surface area contributed by atoms with Crippen LogP contribution in [0.25, 0.3) is 0 Å². The van der Waals surface area contributed by atoms with Crippen molar-refractivity contribution in [1.29, 1.82) is 0 Å². The minimum absolute atomic E-state index is 0.121. The predicted octanol–water partition coefficient (Wildman–Crippen LogP) is 1.25. The van der Waals surface area contributed by atoms with E-state index >= 15 is 0 Å². The van der Waals surface area contributed by atoms with E-state index in [2.05, 4.69) is 9.88 Å². The zero-order valence-electron chi connectivity index (χ0n) is 10.7. The lowest BCUT2D eigenvalue weighted by molar-refractivity contribution is 0.0162. The summed E-state index contributed by atoms with van der Waals surface area (Å²) in [6.45, 7) is 3.45.